The molecule has 1 aliphatic heterocycles. The molecule has 0 bridgehead atoms. The first-order valence-electron chi connectivity index (χ1n) is 7.23. The summed E-state index contributed by atoms with van der Waals surface area (Å²) in [5.74, 6) is 0.334. The number of rotatable bonds is 2. The van der Waals surface area contributed by atoms with Crippen LogP contribution in [0.2, 0.25) is 0 Å². The van der Waals surface area contributed by atoms with Gasteiger partial charge in [-0.05, 0) is 11.1 Å². The van der Waals surface area contributed by atoms with E-state index >= 15 is 0 Å². The number of nitrogen functional groups attached to an aromatic ring is 2. The van der Waals surface area contributed by atoms with Crippen LogP contribution in [0.15, 0.2) is 34.4 Å². The second-order valence-electron chi connectivity index (χ2n) is 5.15. The van der Waals surface area contributed by atoms with Gasteiger partial charge in [-0.2, -0.15) is 10.5 Å². The zero-order valence-electron chi connectivity index (χ0n) is 13.2. The van der Waals surface area contributed by atoms with E-state index in [4.69, 9.17) is 22.3 Å². The summed E-state index contributed by atoms with van der Waals surface area (Å²) in [7, 11) is 0. The van der Waals surface area contributed by atoms with E-state index in [9.17, 15) is 5.26 Å². The fourth-order valence-electron chi connectivity index (χ4n) is 2.66. The lowest BCUT2D eigenvalue weighted by atomic mass is 9.94. The number of nitrogens with zero attached hydrogens (tertiary/aromatic N) is 7. The number of azide groups is 1. The molecule has 0 fully saturated rings. The number of hydrogen-bond acceptors (Lipinski definition) is 9. The first-order valence-corrected chi connectivity index (χ1v) is 7.23. The number of fused-ring (bicyclic) bond motifs is 1. The Balaban J connectivity index is 2.31. The van der Waals surface area contributed by atoms with Crippen molar-refractivity contribution < 1.29 is 0 Å². The van der Waals surface area contributed by atoms with Crippen LogP contribution in [0, 0.1) is 22.8 Å². The zero-order chi connectivity index (χ0) is 18.7. The molecule has 126 valence electrons. The fourth-order valence-corrected chi connectivity index (χ4v) is 2.66. The van der Waals surface area contributed by atoms with Gasteiger partial charge in [-0.25, -0.2) is 9.98 Å². The van der Waals surface area contributed by atoms with E-state index in [1.54, 1.807) is 30.5 Å². The van der Waals surface area contributed by atoms with Gasteiger partial charge in [-0.15, -0.1) is 0 Å². The van der Waals surface area contributed by atoms with Gasteiger partial charge in [0.1, 0.15) is 29.3 Å². The smallest absolute Gasteiger partial charge is 0.211 e. The summed E-state index contributed by atoms with van der Waals surface area (Å²) in [5.41, 5.74) is 22.2. The highest BCUT2D eigenvalue weighted by molar-refractivity contribution is 5.98. The molecule has 2 heterocycles. The third kappa shape index (κ3) is 2.63. The molecule has 0 saturated carbocycles. The molecule has 6 N–H and O–H groups in total. The van der Waals surface area contributed by atoms with Gasteiger partial charge in [0.15, 0.2) is 6.19 Å². The van der Waals surface area contributed by atoms with E-state index in [1.165, 1.54) is 0 Å². The number of guanidine groups is 1. The third-order valence-corrected chi connectivity index (χ3v) is 3.74. The maximum Gasteiger partial charge on any atom is 0.211 e. The molecule has 11 nitrogen and oxygen atoms in total. The number of nitriles is 2. The Labute approximate surface area is 147 Å². The minimum atomic E-state index is -0.760. The molecule has 0 radical (unpaired) electrons. The summed E-state index contributed by atoms with van der Waals surface area (Å²) in [6.45, 7) is 0. The summed E-state index contributed by atoms with van der Waals surface area (Å²) in [6.07, 6.45) is 1.76. The number of anilines is 3. The van der Waals surface area contributed by atoms with Crippen LogP contribution in [0.1, 0.15) is 22.7 Å². The average Bonchev–Trinajstić information content (AvgIpc) is 2.62. The molecule has 26 heavy (non-hydrogen) atoms. The summed E-state index contributed by atoms with van der Waals surface area (Å²) < 4.78 is 0. The van der Waals surface area contributed by atoms with Gasteiger partial charge in [-0.1, -0.05) is 29.4 Å². The lowest BCUT2D eigenvalue weighted by molar-refractivity contribution is 0.846. The molecule has 1 aliphatic rings. The van der Waals surface area contributed by atoms with E-state index in [1.807, 2.05) is 6.07 Å². The third-order valence-electron chi connectivity index (χ3n) is 3.74. The number of aliphatic imine (C=N–C) groups is 1. The van der Waals surface area contributed by atoms with Crippen LogP contribution >= 0.6 is 0 Å². The maximum absolute atomic E-state index is 9.30. The molecule has 2 aromatic rings. The summed E-state index contributed by atoms with van der Waals surface area (Å²) in [5, 5.41) is 27.1. The van der Waals surface area contributed by atoms with Crippen LogP contribution in [0.4, 0.5) is 23.0 Å². The van der Waals surface area contributed by atoms with Crippen molar-refractivity contribution in [2.24, 2.45) is 10.1 Å². The Morgan fingerprint density at radius 3 is 2.77 bits per heavy atom. The van der Waals surface area contributed by atoms with Gasteiger partial charge in [0.2, 0.25) is 5.96 Å². The minimum Gasteiger partial charge on any atom is -0.397 e. The van der Waals surface area contributed by atoms with Crippen molar-refractivity contribution in [1.82, 2.24) is 10.3 Å². The topological polar surface area (TPSA) is 198 Å². The number of hydrogen-bond donors (Lipinski definition) is 4. The van der Waals surface area contributed by atoms with Gasteiger partial charge in [0.25, 0.3) is 0 Å². The lowest BCUT2D eigenvalue weighted by Crippen LogP contribution is -2.32. The molecular weight excluding hydrogens is 334 g/mol. The van der Waals surface area contributed by atoms with Gasteiger partial charge in [0.05, 0.1) is 5.69 Å². The largest absolute Gasteiger partial charge is 0.397 e. The predicted octanol–water partition coefficient (Wildman–Crippen LogP) is 2.00. The summed E-state index contributed by atoms with van der Waals surface area (Å²) >= 11 is 0. The Bertz CT molecular complexity index is 1050. The monoisotopic (exact) mass is 345 g/mol. The molecule has 11 heteroatoms. The molecule has 3 rings (SSSR count). The van der Waals surface area contributed by atoms with Crippen molar-refractivity contribution >= 4 is 29.0 Å². The van der Waals surface area contributed by atoms with E-state index in [-0.39, 0.29) is 28.8 Å². The number of benzene rings is 1. The number of nitrogens with two attached hydrogens (primary N) is 2. The molecule has 0 spiro atoms. The van der Waals surface area contributed by atoms with Gasteiger partial charge in [0, 0.05) is 16.2 Å². The van der Waals surface area contributed by atoms with E-state index < -0.39 is 6.04 Å². The molecule has 0 aliphatic carbocycles. The maximum atomic E-state index is 9.30. The molecule has 0 amide bonds. The average molecular weight is 345 g/mol. The second kappa shape index (κ2) is 6.57. The Hall–Kier alpha value is -4.47. The highest BCUT2D eigenvalue weighted by Crippen LogP contribution is 2.42. The van der Waals surface area contributed by atoms with Crippen molar-refractivity contribution in [3.63, 3.8) is 0 Å². The Morgan fingerprint density at radius 2 is 2.08 bits per heavy atom. The van der Waals surface area contributed by atoms with Crippen molar-refractivity contribution in [3.8, 4) is 12.3 Å². The Kier molecular flexibility index (Phi) is 4.14. The molecular formula is C15H11N11. The highest BCUT2D eigenvalue weighted by Gasteiger charge is 2.30. The van der Waals surface area contributed by atoms with Crippen LogP contribution < -0.4 is 22.1 Å². The molecule has 1 atom stereocenters. The van der Waals surface area contributed by atoms with E-state index in [0.29, 0.717) is 16.8 Å². The fraction of sp³-hybridized carbons (Fsp3) is 0.0667. The standard InChI is InChI=1S/C15H11N11/c16-5-8-11(18)10-12(7-3-1-2-4-9(7)25-26-20)22-15(21-6-17)24-14(10)23-13(8)19/h1-4,12H,(H6,18,19,21,22,23,24). The van der Waals surface area contributed by atoms with Crippen molar-refractivity contribution in [2.45, 2.75) is 6.04 Å². The van der Waals surface area contributed by atoms with Crippen molar-refractivity contribution in [2.75, 3.05) is 16.8 Å². The number of pyridine rings is 1. The van der Waals surface area contributed by atoms with Crippen molar-refractivity contribution in [3.05, 3.63) is 51.4 Å². The number of nitrogens with one attached hydrogen (secondary N) is 2. The normalized spacial score (nSPS) is 14.5. The molecule has 0 saturated heterocycles. The van der Waals surface area contributed by atoms with E-state index in [0.717, 1.165) is 0 Å². The van der Waals surface area contributed by atoms with Crippen LogP contribution in [0.3, 0.4) is 0 Å². The summed E-state index contributed by atoms with van der Waals surface area (Å²) in [6, 6.07) is 7.94. The minimum absolute atomic E-state index is 0.0312. The summed E-state index contributed by atoms with van der Waals surface area (Å²) in [4.78, 5) is 11.4. The number of aromatic nitrogens is 1. The van der Waals surface area contributed by atoms with Crippen LogP contribution in [0.5, 0.6) is 0 Å². The van der Waals surface area contributed by atoms with Crippen LogP contribution in [-0.2, 0) is 0 Å². The first kappa shape index (κ1) is 16.4. The van der Waals surface area contributed by atoms with Gasteiger partial charge in [-0.3, -0.25) is 5.32 Å². The Morgan fingerprint density at radius 1 is 1.31 bits per heavy atom. The highest BCUT2D eigenvalue weighted by atomic mass is 15.2. The molecule has 1 aromatic heterocycles. The zero-order valence-corrected chi connectivity index (χ0v) is 13.2. The first-order chi connectivity index (χ1) is 12.6. The van der Waals surface area contributed by atoms with Crippen LogP contribution in [-0.4, -0.2) is 10.9 Å². The molecule has 1 aromatic carbocycles. The van der Waals surface area contributed by atoms with Crippen LogP contribution in [0.25, 0.3) is 10.4 Å². The quantitative estimate of drug-likeness (QED) is 0.209. The van der Waals surface area contributed by atoms with Crippen molar-refractivity contribution in [1.29, 1.82) is 10.5 Å². The second-order valence-corrected chi connectivity index (χ2v) is 5.15. The van der Waals surface area contributed by atoms with Gasteiger partial charge >= 0.3 is 0 Å². The van der Waals surface area contributed by atoms with Gasteiger partial charge < -0.3 is 16.8 Å². The lowest BCUT2D eigenvalue weighted by Gasteiger charge is -2.26. The SMILES string of the molecule is N#CNC1=NC(c2ccccc2N=[N+]=[N-])c2c(nc(N)c(C#N)c2N)N1. The molecule has 1 unspecified atom stereocenters. The predicted molar refractivity (Wildman–Crippen MR) is 94.7 cm³/mol. The van der Waals surface area contributed by atoms with E-state index in [2.05, 4.69) is 30.6 Å².